The third-order valence-electron chi connectivity index (χ3n) is 3.81. The highest BCUT2D eigenvalue weighted by molar-refractivity contribution is 5.90. The van der Waals surface area contributed by atoms with Gasteiger partial charge in [0.2, 0.25) is 0 Å². The smallest absolute Gasteiger partial charge is 0.182 e. The van der Waals surface area contributed by atoms with E-state index >= 15 is 0 Å². The molecular weight excluding hydrogens is 293 g/mol. The summed E-state index contributed by atoms with van der Waals surface area (Å²) in [6.45, 7) is 3.62. The summed E-state index contributed by atoms with van der Waals surface area (Å²) in [7, 11) is 0. The van der Waals surface area contributed by atoms with Crippen molar-refractivity contribution >= 4 is 5.78 Å². The number of rotatable bonds is 6. The van der Waals surface area contributed by atoms with Gasteiger partial charge in [0.25, 0.3) is 0 Å². The van der Waals surface area contributed by atoms with Crippen molar-refractivity contribution in [2.45, 2.75) is 25.9 Å². The van der Waals surface area contributed by atoms with Gasteiger partial charge in [0, 0.05) is 12.2 Å². The summed E-state index contributed by atoms with van der Waals surface area (Å²) < 4.78 is 20.1. The summed E-state index contributed by atoms with van der Waals surface area (Å²) >= 11 is 0. The number of carbonyl (C=O) groups excluding carboxylic acids is 1. The van der Waals surface area contributed by atoms with E-state index in [4.69, 9.17) is 10.00 Å². The van der Waals surface area contributed by atoms with E-state index in [0.717, 1.165) is 5.56 Å². The van der Waals surface area contributed by atoms with E-state index in [0.29, 0.717) is 11.1 Å². The zero-order valence-electron chi connectivity index (χ0n) is 13.2. The maximum Gasteiger partial charge on any atom is 0.182 e. The number of nitriles is 1. The standard InChI is InChI=1S/C19H18FNO2/c1-3-23-19(2,18(22)11-12-21)15-9-10-16(17(20)13-15)14-7-5-4-6-8-14/h4-10,13H,3,11H2,1-2H3. The van der Waals surface area contributed by atoms with Crippen LogP contribution >= 0.6 is 0 Å². The topological polar surface area (TPSA) is 50.1 Å². The third-order valence-corrected chi connectivity index (χ3v) is 3.81. The molecule has 0 aliphatic rings. The Balaban J connectivity index is 2.45. The van der Waals surface area contributed by atoms with Crippen molar-refractivity contribution in [1.29, 1.82) is 5.26 Å². The molecule has 1 atom stereocenters. The lowest BCUT2D eigenvalue weighted by Crippen LogP contribution is -2.35. The summed E-state index contributed by atoms with van der Waals surface area (Å²) in [6, 6.07) is 15.6. The van der Waals surface area contributed by atoms with Gasteiger partial charge in [-0.05, 0) is 31.0 Å². The first-order valence-electron chi connectivity index (χ1n) is 7.42. The predicted molar refractivity (Wildman–Crippen MR) is 86.1 cm³/mol. The minimum atomic E-state index is -1.32. The van der Waals surface area contributed by atoms with E-state index in [-0.39, 0.29) is 18.8 Å². The lowest BCUT2D eigenvalue weighted by molar-refractivity contribution is -0.142. The molecule has 0 fully saturated rings. The molecule has 0 aliphatic carbocycles. The van der Waals surface area contributed by atoms with Gasteiger partial charge in [0.05, 0.1) is 12.5 Å². The van der Waals surface area contributed by atoms with Crippen molar-refractivity contribution in [2.75, 3.05) is 6.61 Å². The van der Waals surface area contributed by atoms with Crippen LogP contribution < -0.4 is 0 Å². The Hall–Kier alpha value is -2.51. The average Bonchev–Trinajstić information content (AvgIpc) is 2.56. The summed E-state index contributed by atoms with van der Waals surface area (Å²) in [5, 5.41) is 8.76. The maximum atomic E-state index is 14.5. The Morgan fingerprint density at radius 3 is 2.52 bits per heavy atom. The second-order valence-corrected chi connectivity index (χ2v) is 5.28. The quantitative estimate of drug-likeness (QED) is 0.802. The van der Waals surface area contributed by atoms with E-state index in [1.807, 2.05) is 36.4 Å². The second kappa shape index (κ2) is 7.17. The lowest BCUT2D eigenvalue weighted by Gasteiger charge is -2.28. The number of Topliss-reactive ketones (excluding diaryl/α,β-unsaturated/α-hetero) is 1. The molecule has 0 amide bonds. The van der Waals surface area contributed by atoms with Crippen molar-refractivity contribution in [3.63, 3.8) is 0 Å². The normalized spacial score (nSPS) is 13.1. The molecule has 0 spiro atoms. The van der Waals surface area contributed by atoms with Crippen LogP contribution in [0.25, 0.3) is 11.1 Å². The third kappa shape index (κ3) is 3.46. The Labute approximate surface area is 135 Å². The number of ketones is 1. The molecular formula is C19H18FNO2. The fourth-order valence-electron chi connectivity index (χ4n) is 2.52. The molecule has 23 heavy (non-hydrogen) atoms. The lowest BCUT2D eigenvalue weighted by atomic mass is 9.88. The van der Waals surface area contributed by atoms with Crippen LogP contribution in [0.1, 0.15) is 25.8 Å². The number of carbonyl (C=O) groups is 1. The van der Waals surface area contributed by atoms with Gasteiger partial charge in [-0.3, -0.25) is 4.79 Å². The maximum absolute atomic E-state index is 14.5. The van der Waals surface area contributed by atoms with Crippen molar-refractivity contribution in [2.24, 2.45) is 0 Å². The first kappa shape index (κ1) is 16.9. The van der Waals surface area contributed by atoms with Gasteiger partial charge in [0.1, 0.15) is 11.4 Å². The monoisotopic (exact) mass is 311 g/mol. The number of benzene rings is 2. The SMILES string of the molecule is CCOC(C)(C(=O)CC#N)c1ccc(-c2ccccc2)c(F)c1. The van der Waals surface area contributed by atoms with E-state index in [9.17, 15) is 9.18 Å². The first-order valence-corrected chi connectivity index (χ1v) is 7.42. The fraction of sp³-hybridized carbons (Fsp3) is 0.263. The molecule has 0 bridgehead atoms. The van der Waals surface area contributed by atoms with Crippen LogP contribution in [0.2, 0.25) is 0 Å². The Morgan fingerprint density at radius 1 is 1.26 bits per heavy atom. The van der Waals surface area contributed by atoms with E-state index < -0.39 is 11.4 Å². The number of hydrogen-bond acceptors (Lipinski definition) is 3. The van der Waals surface area contributed by atoms with Crippen molar-refractivity contribution in [1.82, 2.24) is 0 Å². The molecule has 118 valence electrons. The van der Waals surface area contributed by atoms with E-state index in [1.54, 1.807) is 26.0 Å². The largest absolute Gasteiger partial charge is 0.363 e. The zero-order chi connectivity index (χ0) is 16.9. The molecule has 4 heteroatoms. The molecule has 2 aromatic rings. The van der Waals surface area contributed by atoms with Gasteiger partial charge in [-0.1, -0.05) is 42.5 Å². The van der Waals surface area contributed by atoms with E-state index in [2.05, 4.69) is 0 Å². The van der Waals surface area contributed by atoms with Crippen molar-refractivity contribution in [3.05, 3.63) is 59.9 Å². The van der Waals surface area contributed by atoms with Crippen LogP contribution in [-0.2, 0) is 15.1 Å². The molecule has 0 aromatic heterocycles. The van der Waals surface area contributed by atoms with Gasteiger partial charge in [-0.25, -0.2) is 4.39 Å². The van der Waals surface area contributed by atoms with Crippen molar-refractivity contribution < 1.29 is 13.9 Å². The number of halogens is 1. The van der Waals surface area contributed by atoms with Crippen LogP contribution in [0.15, 0.2) is 48.5 Å². The van der Waals surface area contributed by atoms with Crippen LogP contribution in [0.4, 0.5) is 4.39 Å². The average molecular weight is 311 g/mol. The minimum Gasteiger partial charge on any atom is -0.363 e. The molecule has 2 aromatic carbocycles. The van der Waals surface area contributed by atoms with Gasteiger partial charge in [-0.2, -0.15) is 5.26 Å². The molecule has 0 saturated heterocycles. The van der Waals surface area contributed by atoms with Gasteiger partial charge < -0.3 is 4.74 Å². The fourth-order valence-corrected chi connectivity index (χ4v) is 2.52. The molecule has 0 heterocycles. The van der Waals surface area contributed by atoms with E-state index in [1.165, 1.54) is 6.07 Å². The summed E-state index contributed by atoms with van der Waals surface area (Å²) in [6.07, 6.45) is -0.279. The van der Waals surface area contributed by atoms with Gasteiger partial charge in [0.15, 0.2) is 5.78 Å². The predicted octanol–water partition coefficient (Wildman–Crippen LogP) is 4.23. The molecule has 2 rings (SSSR count). The minimum absolute atomic E-state index is 0.279. The highest BCUT2D eigenvalue weighted by Crippen LogP contribution is 2.31. The summed E-state index contributed by atoms with van der Waals surface area (Å²) in [4.78, 5) is 12.3. The van der Waals surface area contributed by atoms with Crippen LogP contribution in [0.3, 0.4) is 0 Å². The molecule has 0 aliphatic heterocycles. The first-order chi connectivity index (χ1) is 11.0. The second-order valence-electron chi connectivity index (χ2n) is 5.28. The highest BCUT2D eigenvalue weighted by atomic mass is 19.1. The van der Waals surface area contributed by atoms with Gasteiger partial charge >= 0.3 is 0 Å². The molecule has 0 saturated carbocycles. The molecule has 0 N–H and O–H groups in total. The number of nitrogens with zero attached hydrogens (tertiary/aromatic N) is 1. The molecule has 1 unspecified atom stereocenters. The summed E-state index contributed by atoms with van der Waals surface area (Å²) in [5.41, 5.74) is 0.316. The Morgan fingerprint density at radius 2 is 1.96 bits per heavy atom. The van der Waals surface area contributed by atoms with Crippen molar-refractivity contribution in [3.8, 4) is 17.2 Å². The highest BCUT2D eigenvalue weighted by Gasteiger charge is 2.36. The molecule has 3 nitrogen and oxygen atoms in total. The number of hydrogen-bond donors (Lipinski definition) is 0. The van der Waals surface area contributed by atoms with Crippen LogP contribution in [0, 0.1) is 17.1 Å². The van der Waals surface area contributed by atoms with Gasteiger partial charge in [-0.15, -0.1) is 0 Å². The zero-order valence-corrected chi connectivity index (χ0v) is 13.2. The summed E-state index contributed by atoms with van der Waals surface area (Å²) in [5.74, 6) is -0.807. The van der Waals surface area contributed by atoms with Crippen LogP contribution in [0.5, 0.6) is 0 Å². The Bertz CT molecular complexity index is 737. The van der Waals surface area contributed by atoms with Crippen LogP contribution in [-0.4, -0.2) is 12.4 Å². The number of ether oxygens (including phenoxy) is 1. The molecule has 0 radical (unpaired) electrons. The Kier molecular flexibility index (Phi) is 5.25.